The van der Waals surface area contributed by atoms with Gasteiger partial charge in [-0.3, -0.25) is 43.1 Å². The molecule has 12 aromatic rings. The van der Waals surface area contributed by atoms with Gasteiger partial charge >= 0.3 is 0 Å². The number of anilines is 3. The lowest BCUT2D eigenvalue weighted by atomic mass is 9.97. The second-order valence-corrected chi connectivity index (χ2v) is 46.7. The van der Waals surface area contributed by atoms with Gasteiger partial charge in [-0.15, -0.1) is 0 Å². The van der Waals surface area contributed by atoms with Crippen LogP contribution in [0.3, 0.4) is 0 Å². The summed E-state index contributed by atoms with van der Waals surface area (Å²) in [7, 11) is -16.6. The van der Waals surface area contributed by atoms with E-state index >= 15 is 0 Å². The smallest absolute Gasteiger partial charge is 0.268 e. The van der Waals surface area contributed by atoms with Gasteiger partial charge in [0, 0.05) is 154 Å². The van der Waals surface area contributed by atoms with E-state index in [0.717, 1.165) is 147 Å². The number of aromatic nitrogens is 6. The molecule has 0 atom stereocenters. The first kappa shape index (κ1) is 102. The number of nitrogens with zero attached hydrogens (tertiary/aromatic N) is 6. The van der Waals surface area contributed by atoms with Crippen molar-refractivity contribution in [1.29, 1.82) is 0 Å². The molecular weight excluding hydrogens is 1940 g/mol. The molecule has 8 N–H and O–H groups in total. The minimum absolute atomic E-state index is 0.0307. The maximum absolute atomic E-state index is 14.2. The highest BCUT2D eigenvalue weighted by molar-refractivity contribution is 7.92. The number of amides is 5. The van der Waals surface area contributed by atoms with Crippen molar-refractivity contribution in [3.05, 3.63) is 249 Å². The standard InChI is InChI=1S/C22H20F2N2O4S.C21H26N2O3S.C20H20N4O4S.C20H25N3O5S.C19H23N3O4S/c1-13-9-18(26-8-7-25-22(27)21(13)26)16-10-14(12-31(2,28)29)3-5-19(16)30-20-6-4-15(23)11-17(20)24;1-14-11-19(23-10-9-22-21(24)20(14)23)18-12-16(13-27(2,25)26)6-8-17(18)7-5-15-3-4-15;1-13-10-17(24-9-8-22-20(25)19(13)24)16-11-14(23-29(2,26)27)5-6-18(16)28-15-4-3-7-21-12-15;1-13-11-17(23-8-7-21-20(24)19(13)23)16-12-14(22-29(2,25)26)3-4-18(16)28-15-5-9-27-10-6-15;1-12-9-16(22-8-7-20-19(23)18(12)22)15-10-14(21-27(2,24)25)5-6-17(15)26-11-13-3-4-13/h3-6,9-11H,7-8,12H2,1-2H3,(H,25,27);6,8,11-12,15H,3-5,7,9-10,13H2,1-2H3,(H,22,24);3-7,10-12,23H,8-9H2,1-2H3,(H,22,25);3-4,11-12,15,22H,5-10H2,1-2H3,(H,21,24);5-6,9-10,13,21H,3-4,7-8,11H2,1-2H3,(H,20,23). The van der Waals surface area contributed by atoms with Gasteiger partial charge in [-0.2, -0.15) is 0 Å². The van der Waals surface area contributed by atoms with Crippen molar-refractivity contribution in [3.8, 4) is 90.8 Å². The molecule has 6 aliphatic heterocycles. The maximum atomic E-state index is 14.2. The first-order valence-corrected chi connectivity index (χ1v) is 56.7. The van der Waals surface area contributed by atoms with Gasteiger partial charge < -0.3 is 73.1 Å². The van der Waals surface area contributed by atoms with Crippen molar-refractivity contribution in [1.82, 2.24) is 54.4 Å². The number of sulfone groups is 2. The zero-order valence-corrected chi connectivity index (χ0v) is 84.8. The number of nitrogens with one attached hydrogen (secondary N) is 8. The number of benzene rings is 6. The number of rotatable bonds is 27. The van der Waals surface area contributed by atoms with E-state index in [-0.39, 0.29) is 58.6 Å². The first-order chi connectivity index (χ1) is 67.9. The summed E-state index contributed by atoms with van der Waals surface area (Å²) in [5, 5.41) is 14.3. The largest absolute Gasteiger partial charge is 0.493 e. The molecule has 0 spiro atoms. The van der Waals surface area contributed by atoms with Gasteiger partial charge in [-0.05, 0) is 244 Å². The summed E-state index contributed by atoms with van der Waals surface area (Å²) in [6, 6.07) is 42.6. The summed E-state index contributed by atoms with van der Waals surface area (Å²) in [5.41, 5.74) is 19.3. The molecule has 0 unspecified atom stereocenters. The van der Waals surface area contributed by atoms with E-state index in [1.807, 2.05) is 82.4 Å². The van der Waals surface area contributed by atoms with Crippen LogP contribution in [0.2, 0.25) is 0 Å². The van der Waals surface area contributed by atoms with E-state index in [0.29, 0.717) is 170 Å². The third-order valence-corrected chi connectivity index (χ3v) is 28.6. The normalized spacial score (nSPS) is 15.6. The van der Waals surface area contributed by atoms with E-state index in [1.54, 1.807) is 104 Å². The van der Waals surface area contributed by atoms with E-state index in [4.69, 9.17) is 23.7 Å². The van der Waals surface area contributed by atoms with Crippen molar-refractivity contribution < 1.29 is 98.5 Å². The lowest BCUT2D eigenvalue weighted by Gasteiger charge is -2.26. The van der Waals surface area contributed by atoms with Gasteiger partial charge in [-0.25, -0.2) is 50.9 Å². The molecule has 8 aliphatic rings. The molecule has 6 aromatic carbocycles. The molecule has 2 saturated carbocycles. The Balaban J connectivity index is 0.000000128. The summed E-state index contributed by atoms with van der Waals surface area (Å²) in [6.45, 7) is 17.3. The van der Waals surface area contributed by atoms with Crippen molar-refractivity contribution in [2.24, 2.45) is 11.8 Å². The predicted molar refractivity (Wildman–Crippen MR) is 542 cm³/mol. The molecular formula is C102H114F2N14O20S5. The predicted octanol–water partition coefficient (Wildman–Crippen LogP) is 14.2. The Morgan fingerprint density at radius 3 is 1.16 bits per heavy atom. The number of fused-ring (bicyclic) bond motifs is 5. The summed E-state index contributed by atoms with van der Waals surface area (Å²) in [5.74, 6) is 1.70. The Labute approximate surface area is 829 Å². The van der Waals surface area contributed by atoms with Crippen LogP contribution < -0.4 is 59.7 Å². The molecule has 1 saturated heterocycles. The third kappa shape index (κ3) is 25.5. The summed E-state index contributed by atoms with van der Waals surface area (Å²) in [6.07, 6.45) is 17.8. The van der Waals surface area contributed by atoms with Crippen molar-refractivity contribution >= 4 is 96.3 Å². The van der Waals surface area contributed by atoms with Crippen LogP contribution >= 0.6 is 0 Å². The summed E-state index contributed by atoms with van der Waals surface area (Å²) >= 11 is 0. The minimum atomic E-state index is -3.44. The van der Waals surface area contributed by atoms with Crippen LogP contribution in [0.25, 0.3) is 56.3 Å². The third-order valence-electron chi connectivity index (χ3n) is 25.1. The zero-order valence-electron chi connectivity index (χ0n) is 80.7. The van der Waals surface area contributed by atoms with Crippen LogP contribution in [0.4, 0.5) is 25.8 Å². The Hall–Kier alpha value is -13.6. The van der Waals surface area contributed by atoms with E-state index < -0.39 is 61.4 Å². The van der Waals surface area contributed by atoms with Crippen LogP contribution in [0, 0.1) is 58.1 Å². The van der Waals surface area contributed by atoms with E-state index in [1.165, 1.54) is 50.0 Å². The van der Waals surface area contributed by atoms with Crippen LogP contribution in [0.5, 0.6) is 34.5 Å². The Bertz CT molecular complexity index is 7430. The number of halogens is 2. The minimum Gasteiger partial charge on any atom is -0.493 e. The fraction of sp³-hybridized carbons (Fsp3) is 0.353. The average Bonchev–Trinajstić information content (AvgIpc) is 1.64. The van der Waals surface area contributed by atoms with Crippen LogP contribution in [-0.4, -0.2) is 189 Å². The molecule has 0 radical (unpaired) electrons. The molecule has 5 amide bonds. The van der Waals surface area contributed by atoms with E-state index in [2.05, 4.69) is 62.4 Å². The Morgan fingerprint density at radius 2 is 0.762 bits per heavy atom. The summed E-state index contributed by atoms with van der Waals surface area (Å²) in [4.78, 5) is 65.6. The monoisotopic (exact) mass is 2050 g/mol. The molecule has 756 valence electrons. The molecule has 2 aliphatic carbocycles. The molecule has 143 heavy (non-hydrogen) atoms. The van der Waals surface area contributed by atoms with Crippen LogP contribution in [-0.2, 0) is 105 Å². The number of sulfonamides is 3. The fourth-order valence-electron chi connectivity index (χ4n) is 18.5. The molecule has 3 fully saturated rings. The van der Waals surface area contributed by atoms with Crippen LogP contribution in [0.15, 0.2) is 164 Å². The number of hydrogen-bond donors (Lipinski definition) is 8. The second kappa shape index (κ2) is 42.5. The van der Waals surface area contributed by atoms with Gasteiger partial charge in [0.05, 0.1) is 79.1 Å². The zero-order chi connectivity index (χ0) is 102. The van der Waals surface area contributed by atoms with Gasteiger partial charge in [0.1, 0.15) is 69.1 Å². The lowest BCUT2D eigenvalue weighted by molar-refractivity contribution is 0.0257. The number of ether oxygens (including phenoxy) is 5. The van der Waals surface area contributed by atoms with E-state index in [9.17, 15) is 74.8 Å². The Kier molecular flexibility index (Phi) is 30.4. The first-order valence-electron chi connectivity index (χ1n) is 46.9. The molecule has 20 rings (SSSR count). The second-order valence-electron chi connectivity index (χ2n) is 37.2. The fourth-order valence-corrected chi connectivity index (χ4v) is 21.8. The molecule has 34 nitrogen and oxygen atoms in total. The number of hydrogen-bond acceptors (Lipinski definition) is 21. The van der Waals surface area contributed by atoms with Crippen LogP contribution in [0.1, 0.15) is 142 Å². The van der Waals surface area contributed by atoms with Gasteiger partial charge in [0.2, 0.25) is 30.1 Å². The Morgan fingerprint density at radius 1 is 0.399 bits per heavy atom. The van der Waals surface area contributed by atoms with Gasteiger partial charge in [0.15, 0.2) is 31.2 Å². The topological polar surface area (TPSA) is 436 Å². The summed E-state index contributed by atoms with van der Waals surface area (Å²) < 4.78 is 192. The van der Waals surface area contributed by atoms with Crippen molar-refractivity contribution in [2.75, 3.05) is 98.0 Å². The molecule has 12 heterocycles. The van der Waals surface area contributed by atoms with Crippen molar-refractivity contribution in [2.45, 2.75) is 136 Å². The quantitative estimate of drug-likeness (QED) is 0.0237. The number of aryl methyl sites for hydroxylation is 6. The maximum Gasteiger partial charge on any atom is 0.268 e. The SMILES string of the molecule is Cc1cc(-c2cc(CS(C)(=O)=O)ccc2CCC2CC2)n2c1C(=O)NCC2.Cc1cc(-c2cc(CS(C)(=O)=O)ccc2Oc2ccc(F)cc2F)n2c1C(=O)NCC2.Cc1cc(-c2cc(NS(C)(=O)=O)ccc2OC2CCOCC2)n2c1C(=O)NCC2.Cc1cc(-c2cc(NS(C)(=O)=O)ccc2OCC2CC2)n2c1C(=O)NCC2.Cc1cc(-c2cc(NS(C)(=O)=O)ccc2Oc2cccnc2)n2c1C(=O)NCC2. The van der Waals surface area contributed by atoms with Gasteiger partial charge in [-0.1, -0.05) is 31.0 Å². The highest BCUT2D eigenvalue weighted by Gasteiger charge is 2.34. The number of carbonyl (C=O) groups excluding carboxylic acids is 5. The van der Waals surface area contributed by atoms with Gasteiger partial charge in [0.25, 0.3) is 29.5 Å². The highest BCUT2D eigenvalue weighted by atomic mass is 32.2. The molecule has 0 bridgehead atoms. The number of pyridine rings is 1. The number of carbonyl (C=O) groups is 5. The lowest BCUT2D eigenvalue weighted by Crippen LogP contribution is -2.35. The molecule has 41 heteroatoms. The average molecular weight is 2050 g/mol. The molecule has 6 aromatic heterocycles. The highest BCUT2D eigenvalue weighted by Crippen LogP contribution is 2.45. The van der Waals surface area contributed by atoms with Crippen molar-refractivity contribution in [3.63, 3.8) is 0 Å².